The van der Waals surface area contributed by atoms with E-state index in [1.54, 1.807) is 11.0 Å². The third-order valence-electron chi connectivity index (χ3n) is 4.64. The van der Waals surface area contributed by atoms with Crippen LogP contribution in [0.15, 0.2) is 40.2 Å². The normalized spacial score (nSPS) is 18.6. The number of carbonyl (C=O) groups excluding carboxylic acids is 2. The maximum absolute atomic E-state index is 13.1. The van der Waals surface area contributed by atoms with Crippen molar-refractivity contribution in [1.29, 1.82) is 0 Å². The average molecular weight is 495 g/mol. The van der Waals surface area contributed by atoms with Crippen LogP contribution in [0.1, 0.15) is 31.2 Å². The number of carboxylic acids is 1. The van der Waals surface area contributed by atoms with Gasteiger partial charge in [-0.05, 0) is 31.0 Å². The minimum Gasteiger partial charge on any atom is -0.481 e. The highest BCUT2D eigenvalue weighted by atomic mass is 79.9. The molecule has 0 unspecified atom stereocenters. The number of thioether (sulfide) groups is 1. The van der Waals surface area contributed by atoms with Gasteiger partial charge < -0.3 is 10.0 Å². The Hall–Kier alpha value is -1.97. The molecule has 0 aliphatic carbocycles. The van der Waals surface area contributed by atoms with Crippen molar-refractivity contribution in [3.63, 3.8) is 0 Å². The van der Waals surface area contributed by atoms with Crippen LogP contribution < -0.4 is 4.90 Å². The summed E-state index contributed by atoms with van der Waals surface area (Å²) in [5.74, 6) is -1.33. The molecule has 1 fully saturated rings. The zero-order valence-electron chi connectivity index (χ0n) is 15.5. The molecule has 0 radical (unpaired) electrons. The number of hydrogen-bond acceptors (Lipinski definition) is 5. The molecule has 1 N–H and O–H groups in total. The molecule has 2 heterocycles. The highest BCUT2D eigenvalue weighted by molar-refractivity contribution is 9.10. The summed E-state index contributed by atoms with van der Waals surface area (Å²) in [4.78, 5) is 40.2. The van der Waals surface area contributed by atoms with Crippen LogP contribution >= 0.6 is 39.9 Å². The zero-order valence-corrected chi connectivity index (χ0v) is 18.7. The first-order chi connectivity index (χ1) is 13.8. The van der Waals surface area contributed by atoms with E-state index >= 15 is 0 Å². The summed E-state index contributed by atoms with van der Waals surface area (Å²) in [6, 6.07) is 5.54. The standard InChI is InChI=1S/C20H19BrN2O4S2/c1-2-9-22-14-8-7-12(21)11-13(14)16(18(22)26)17-19(27)23(20(28)29-17)10-5-3-4-6-15(24)25/h2,7-8,11H,1,3-6,9-10H2,(H,24,25)/b17-16-. The number of rotatable bonds is 8. The lowest BCUT2D eigenvalue weighted by Crippen LogP contribution is -2.30. The molecule has 2 aliphatic rings. The molecule has 9 heteroatoms. The highest BCUT2D eigenvalue weighted by Gasteiger charge is 2.41. The van der Waals surface area contributed by atoms with Crippen LogP contribution in [0.25, 0.3) is 5.57 Å². The molecule has 3 rings (SSSR count). The minimum atomic E-state index is -0.825. The number of hydrogen-bond donors (Lipinski definition) is 1. The number of anilines is 1. The maximum Gasteiger partial charge on any atom is 0.303 e. The molecule has 1 aromatic carbocycles. The van der Waals surface area contributed by atoms with E-state index in [9.17, 15) is 14.4 Å². The van der Waals surface area contributed by atoms with Crippen molar-refractivity contribution >= 4 is 73.3 Å². The highest BCUT2D eigenvalue weighted by Crippen LogP contribution is 2.45. The molecule has 29 heavy (non-hydrogen) atoms. The topological polar surface area (TPSA) is 77.9 Å². The van der Waals surface area contributed by atoms with E-state index < -0.39 is 5.97 Å². The summed E-state index contributed by atoms with van der Waals surface area (Å²) < 4.78 is 1.23. The lowest BCUT2D eigenvalue weighted by atomic mass is 10.1. The smallest absolute Gasteiger partial charge is 0.303 e. The van der Waals surface area contributed by atoms with Crippen LogP contribution in [-0.2, 0) is 14.4 Å². The van der Waals surface area contributed by atoms with E-state index in [-0.39, 0.29) is 18.2 Å². The summed E-state index contributed by atoms with van der Waals surface area (Å²) in [5, 5.41) is 8.71. The van der Waals surface area contributed by atoms with Crippen molar-refractivity contribution in [3.05, 3.63) is 45.8 Å². The Bertz CT molecular complexity index is 944. The number of amides is 2. The Labute approximate surface area is 186 Å². The molecule has 0 spiro atoms. The molecule has 0 bridgehead atoms. The van der Waals surface area contributed by atoms with Gasteiger partial charge in [-0.15, -0.1) is 6.58 Å². The predicted octanol–water partition coefficient (Wildman–Crippen LogP) is 4.20. The summed E-state index contributed by atoms with van der Waals surface area (Å²) >= 11 is 9.96. The summed E-state index contributed by atoms with van der Waals surface area (Å²) in [5.41, 5.74) is 1.81. The maximum atomic E-state index is 13.1. The number of thiocarbonyl (C=S) groups is 1. The van der Waals surface area contributed by atoms with Crippen LogP contribution in [0, 0.1) is 0 Å². The summed E-state index contributed by atoms with van der Waals surface area (Å²) in [6.07, 6.45) is 3.66. The Balaban J connectivity index is 1.85. The van der Waals surface area contributed by atoms with E-state index in [1.165, 1.54) is 4.90 Å². The molecular formula is C20H19BrN2O4S2. The van der Waals surface area contributed by atoms with E-state index in [0.717, 1.165) is 21.9 Å². The first-order valence-electron chi connectivity index (χ1n) is 9.07. The number of halogens is 1. The molecule has 2 aliphatic heterocycles. The number of nitrogens with zero attached hydrogens (tertiary/aromatic N) is 2. The van der Waals surface area contributed by atoms with Crippen LogP contribution in [-0.4, -0.2) is 45.2 Å². The first-order valence-corrected chi connectivity index (χ1v) is 11.1. The molecule has 152 valence electrons. The number of carboxylic acid groups (broad SMARTS) is 1. The molecule has 0 aromatic heterocycles. The van der Waals surface area contributed by atoms with Crippen LogP contribution in [0.2, 0.25) is 0 Å². The van der Waals surface area contributed by atoms with Gasteiger partial charge in [0, 0.05) is 29.5 Å². The number of aliphatic carboxylic acids is 1. The van der Waals surface area contributed by atoms with Crippen molar-refractivity contribution in [1.82, 2.24) is 4.90 Å². The van der Waals surface area contributed by atoms with Crippen LogP contribution in [0.5, 0.6) is 0 Å². The number of fused-ring (bicyclic) bond motifs is 1. The van der Waals surface area contributed by atoms with Crippen LogP contribution in [0.3, 0.4) is 0 Å². The second kappa shape index (κ2) is 9.23. The predicted molar refractivity (Wildman–Crippen MR) is 122 cm³/mol. The molecule has 0 atom stereocenters. The fourth-order valence-electron chi connectivity index (χ4n) is 3.30. The van der Waals surface area contributed by atoms with Gasteiger partial charge in [-0.1, -0.05) is 52.4 Å². The van der Waals surface area contributed by atoms with Crippen molar-refractivity contribution in [2.24, 2.45) is 0 Å². The molecule has 6 nitrogen and oxygen atoms in total. The third kappa shape index (κ3) is 4.46. The lowest BCUT2D eigenvalue weighted by molar-refractivity contribution is -0.137. The number of unbranched alkanes of at least 4 members (excludes halogenated alkanes) is 2. The molecule has 1 saturated heterocycles. The molecule has 0 saturated carbocycles. The fourth-order valence-corrected chi connectivity index (χ4v) is 5.04. The van der Waals surface area contributed by atoms with Gasteiger partial charge in [0.1, 0.15) is 4.32 Å². The van der Waals surface area contributed by atoms with Crippen molar-refractivity contribution < 1.29 is 19.5 Å². The van der Waals surface area contributed by atoms with Gasteiger partial charge in [-0.2, -0.15) is 0 Å². The zero-order chi connectivity index (χ0) is 21.1. The van der Waals surface area contributed by atoms with Crippen molar-refractivity contribution in [3.8, 4) is 0 Å². The van der Waals surface area contributed by atoms with Gasteiger partial charge in [-0.25, -0.2) is 0 Å². The Morgan fingerprint density at radius 1 is 1.21 bits per heavy atom. The van der Waals surface area contributed by atoms with Gasteiger partial charge in [0.05, 0.1) is 16.2 Å². The summed E-state index contributed by atoms with van der Waals surface area (Å²) in [7, 11) is 0. The Morgan fingerprint density at radius 2 is 1.97 bits per heavy atom. The average Bonchev–Trinajstić information content (AvgIpc) is 3.08. The molecular weight excluding hydrogens is 476 g/mol. The number of benzene rings is 1. The van der Waals surface area contributed by atoms with Gasteiger partial charge in [0.15, 0.2) is 0 Å². The first kappa shape index (κ1) is 21.7. The second-order valence-corrected chi connectivity index (χ2v) is 9.16. The van der Waals surface area contributed by atoms with E-state index in [2.05, 4.69) is 22.5 Å². The van der Waals surface area contributed by atoms with Gasteiger partial charge in [-0.3, -0.25) is 19.3 Å². The fraction of sp³-hybridized carbons (Fsp3) is 0.300. The Kier molecular flexibility index (Phi) is 6.92. The Morgan fingerprint density at radius 3 is 2.66 bits per heavy atom. The quantitative estimate of drug-likeness (QED) is 0.252. The van der Waals surface area contributed by atoms with Crippen LogP contribution in [0.4, 0.5) is 5.69 Å². The van der Waals surface area contributed by atoms with Gasteiger partial charge >= 0.3 is 5.97 Å². The summed E-state index contributed by atoms with van der Waals surface area (Å²) in [6.45, 7) is 4.47. The monoisotopic (exact) mass is 494 g/mol. The lowest BCUT2D eigenvalue weighted by Gasteiger charge is -2.14. The van der Waals surface area contributed by atoms with Crippen molar-refractivity contribution in [2.75, 3.05) is 18.0 Å². The minimum absolute atomic E-state index is 0.113. The second-order valence-electron chi connectivity index (χ2n) is 6.60. The van der Waals surface area contributed by atoms with E-state index in [1.807, 2.05) is 18.2 Å². The number of carbonyl (C=O) groups is 3. The third-order valence-corrected chi connectivity index (χ3v) is 6.58. The molecule has 1 aromatic rings. The van der Waals surface area contributed by atoms with Gasteiger partial charge in [0.25, 0.3) is 11.8 Å². The largest absolute Gasteiger partial charge is 0.481 e. The molecule has 2 amide bonds. The van der Waals surface area contributed by atoms with E-state index in [4.69, 9.17) is 17.3 Å². The SMILES string of the molecule is C=CCN1C(=O)/C(=C2\SC(=S)N(CCCCCC(=O)O)C2=O)c2cc(Br)ccc21. The van der Waals surface area contributed by atoms with E-state index in [0.29, 0.717) is 52.7 Å². The van der Waals surface area contributed by atoms with Gasteiger partial charge in [0.2, 0.25) is 0 Å². The van der Waals surface area contributed by atoms with Crippen molar-refractivity contribution in [2.45, 2.75) is 25.7 Å².